The van der Waals surface area contributed by atoms with E-state index in [1.807, 2.05) is 0 Å². The van der Waals surface area contributed by atoms with E-state index >= 15 is 0 Å². The maximum absolute atomic E-state index is 5.97. The van der Waals surface area contributed by atoms with Gasteiger partial charge in [0.2, 0.25) is 0 Å². The van der Waals surface area contributed by atoms with Gasteiger partial charge in [-0.1, -0.05) is 0 Å². The van der Waals surface area contributed by atoms with Crippen LogP contribution in [-0.4, -0.2) is 22.6 Å². The summed E-state index contributed by atoms with van der Waals surface area (Å²) in [6.07, 6.45) is 5.98. The minimum Gasteiger partial charge on any atom is -0.367 e. The lowest BCUT2D eigenvalue weighted by molar-refractivity contribution is -0.0762. The minimum absolute atomic E-state index is 0.295. The summed E-state index contributed by atoms with van der Waals surface area (Å²) in [5.41, 5.74) is 3.14. The van der Waals surface area contributed by atoms with Gasteiger partial charge in [0.25, 0.3) is 0 Å². The third-order valence-corrected chi connectivity index (χ3v) is 4.51. The lowest BCUT2D eigenvalue weighted by Gasteiger charge is -2.33. The monoisotopic (exact) mass is 275 g/mol. The molecule has 1 aliphatic heterocycles. The predicted octanol–water partition coefficient (Wildman–Crippen LogP) is 2.76. The summed E-state index contributed by atoms with van der Waals surface area (Å²) >= 11 is 0. The molecule has 1 aliphatic carbocycles. The Kier molecular flexibility index (Phi) is 3.78. The molecule has 1 atom stereocenters. The minimum atomic E-state index is -0.295. The number of aryl methyl sites for hydroxylation is 2. The second kappa shape index (κ2) is 5.41. The molecule has 2 heterocycles. The summed E-state index contributed by atoms with van der Waals surface area (Å²) < 4.78 is 5.97. The normalized spacial score (nSPS) is 26.8. The van der Waals surface area contributed by atoms with Gasteiger partial charge in [0, 0.05) is 36.1 Å². The van der Waals surface area contributed by atoms with Crippen LogP contribution in [-0.2, 0) is 16.9 Å². The van der Waals surface area contributed by atoms with Crippen molar-refractivity contribution in [1.82, 2.24) is 15.3 Å². The second-order valence-corrected chi connectivity index (χ2v) is 6.39. The molecule has 1 saturated heterocycles. The Labute approximate surface area is 121 Å². The van der Waals surface area contributed by atoms with Crippen LogP contribution in [0.1, 0.15) is 61.8 Å². The summed E-state index contributed by atoms with van der Waals surface area (Å²) in [6, 6.07) is 0.715. The van der Waals surface area contributed by atoms with Crippen LogP contribution in [0.25, 0.3) is 0 Å². The molecule has 0 bridgehead atoms. The number of nitrogens with zero attached hydrogens (tertiary/aromatic N) is 2. The number of hydrogen-bond donors (Lipinski definition) is 1. The fraction of sp³-hybridized carbons (Fsp3) is 0.750. The molecule has 0 spiro atoms. The van der Waals surface area contributed by atoms with Crippen LogP contribution >= 0.6 is 0 Å². The number of rotatable bonds is 4. The number of ether oxygens (including phenoxy) is 1. The Hall–Kier alpha value is -1.00. The highest BCUT2D eigenvalue weighted by molar-refractivity contribution is 5.26. The van der Waals surface area contributed by atoms with Crippen molar-refractivity contribution < 1.29 is 4.74 Å². The van der Waals surface area contributed by atoms with Gasteiger partial charge in [-0.15, -0.1) is 0 Å². The zero-order valence-electron chi connectivity index (χ0n) is 12.8. The highest BCUT2D eigenvalue weighted by atomic mass is 16.5. The molecule has 4 nitrogen and oxygen atoms in total. The van der Waals surface area contributed by atoms with Crippen molar-refractivity contribution in [1.29, 1.82) is 0 Å². The Morgan fingerprint density at radius 3 is 2.45 bits per heavy atom. The van der Waals surface area contributed by atoms with E-state index in [4.69, 9.17) is 14.7 Å². The third kappa shape index (κ3) is 2.86. The average molecular weight is 275 g/mol. The highest BCUT2D eigenvalue weighted by Crippen LogP contribution is 2.33. The van der Waals surface area contributed by atoms with E-state index in [0.29, 0.717) is 6.04 Å². The van der Waals surface area contributed by atoms with Gasteiger partial charge in [-0.2, -0.15) is 0 Å². The van der Waals surface area contributed by atoms with Crippen LogP contribution in [0.15, 0.2) is 0 Å². The standard InChI is InChI=1S/C16H25N3O/c1-11-14(10-17-13-6-7-13)12(2)19-15(18-11)16(3)8-4-5-9-20-16/h13,17H,4-10H2,1-3H3. The van der Waals surface area contributed by atoms with E-state index in [9.17, 15) is 0 Å². The molecule has 0 aromatic carbocycles. The van der Waals surface area contributed by atoms with Crippen molar-refractivity contribution in [3.05, 3.63) is 22.8 Å². The quantitative estimate of drug-likeness (QED) is 0.918. The van der Waals surface area contributed by atoms with Gasteiger partial charge < -0.3 is 10.1 Å². The molecule has 3 rings (SSSR count). The molecule has 20 heavy (non-hydrogen) atoms. The smallest absolute Gasteiger partial charge is 0.160 e. The summed E-state index contributed by atoms with van der Waals surface area (Å²) in [4.78, 5) is 9.50. The molecule has 1 N–H and O–H groups in total. The van der Waals surface area contributed by atoms with Gasteiger partial charge in [-0.05, 0) is 52.9 Å². The molecule has 1 aromatic heterocycles. The van der Waals surface area contributed by atoms with Crippen LogP contribution in [0.2, 0.25) is 0 Å². The third-order valence-electron chi connectivity index (χ3n) is 4.51. The molecule has 110 valence electrons. The van der Waals surface area contributed by atoms with Gasteiger partial charge in [0.05, 0.1) is 0 Å². The Balaban J connectivity index is 1.82. The van der Waals surface area contributed by atoms with Gasteiger partial charge >= 0.3 is 0 Å². The molecule has 1 saturated carbocycles. The first-order valence-corrected chi connectivity index (χ1v) is 7.80. The molecule has 0 amide bonds. The fourth-order valence-electron chi connectivity index (χ4n) is 2.88. The van der Waals surface area contributed by atoms with E-state index in [0.717, 1.165) is 43.2 Å². The molecule has 2 aliphatic rings. The van der Waals surface area contributed by atoms with Gasteiger partial charge in [-0.3, -0.25) is 0 Å². The zero-order chi connectivity index (χ0) is 14.2. The average Bonchev–Trinajstić information content (AvgIpc) is 3.22. The maximum Gasteiger partial charge on any atom is 0.160 e. The van der Waals surface area contributed by atoms with Crippen molar-refractivity contribution in [2.24, 2.45) is 0 Å². The largest absolute Gasteiger partial charge is 0.367 e. The van der Waals surface area contributed by atoms with Crippen LogP contribution < -0.4 is 5.32 Å². The van der Waals surface area contributed by atoms with E-state index in [2.05, 4.69) is 26.1 Å². The van der Waals surface area contributed by atoms with Crippen LogP contribution in [0.4, 0.5) is 0 Å². The number of hydrogen-bond acceptors (Lipinski definition) is 4. The molecule has 4 heteroatoms. The van der Waals surface area contributed by atoms with Gasteiger partial charge in [0.15, 0.2) is 5.82 Å². The Bertz CT molecular complexity index is 467. The molecular formula is C16H25N3O. The predicted molar refractivity (Wildman–Crippen MR) is 78.5 cm³/mol. The first-order valence-electron chi connectivity index (χ1n) is 7.80. The van der Waals surface area contributed by atoms with Crippen molar-refractivity contribution in [2.45, 2.75) is 71.1 Å². The van der Waals surface area contributed by atoms with Crippen molar-refractivity contribution >= 4 is 0 Å². The van der Waals surface area contributed by atoms with Crippen LogP contribution in [0.3, 0.4) is 0 Å². The summed E-state index contributed by atoms with van der Waals surface area (Å²) in [5, 5.41) is 3.55. The molecule has 0 radical (unpaired) electrons. The second-order valence-electron chi connectivity index (χ2n) is 6.39. The van der Waals surface area contributed by atoms with E-state index in [-0.39, 0.29) is 5.60 Å². The van der Waals surface area contributed by atoms with Gasteiger partial charge in [-0.25, -0.2) is 9.97 Å². The van der Waals surface area contributed by atoms with E-state index in [1.54, 1.807) is 0 Å². The first kappa shape index (κ1) is 14.0. The maximum atomic E-state index is 5.97. The van der Waals surface area contributed by atoms with Gasteiger partial charge in [0.1, 0.15) is 5.60 Å². The van der Waals surface area contributed by atoms with Crippen molar-refractivity contribution in [3.8, 4) is 0 Å². The number of aromatic nitrogens is 2. The van der Waals surface area contributed by atoms with E-state index < -0.39 is 0 Å². The molecule has 2 fully saturated rings. The molecule has 1 unspecified atom stereocenters. The summed E-state index contributed by atoms with van der Waals surface area (Å²) in [6.45, 7) is 8.02. The summed E-state index contributed by atoms with van der Waals surface area (Å²) in [7, 11) is 0. The lowest BCUT2D eigenvalue weighted by Crippen LogP contribution is -2.33. The SMILES string of the molecule is Cc1nc(C2(C)CCCCO2)nc(C)c1CNC1CC1. The first-order chi connectivity index (χ1) is 9.58. The lowest BCUT2D eigenvalue weighted by atomic mass is 9.94. The zero-order valence-corrected chi connectivity index (χ0v) is 12.8. The van der Waals surface area contributed by atoms with E-state index in [1.165, 1.54) is 24.8 Å². The highest BCUT2D eigenvalue weighted by Gasteiger charge is 2.33. The fourth-order valence-corrected chi connectivity index (χ4v) is 2.88. The summed E-state index contributed by atoms with van der Waals surface area (Å²) in [5.74, 6) is 0.863. The molecule has 1 aromatic rings. The number of nitrogens with one attached hydrogen (secondary N) is 1. The Morgan fingerprint density at radius 1 is 1.20 bits per heavy atom. The molecular weight excluding hydrogens is 250 g/mol. The van der Waals surface area contributed by atoms with Crippen molar-refractivity contribution in [2.75, 3.05) is 6.61 Å². The van der Waals surface area contributed by atoms with Crippen molar-refractivity contribution in [3.63, 3.8) is 0 Å². The topological polar surface area (TPSA) is 47.0 Å². The van der Waals surface area contributed by atoms with Crippen LogP contribution in [0.5, 0.6) is 0 Å². The van der Waals surface area contributed by atoms with Crippen LogP contribution in [0, 0.1) is 13.8 Å². The Morgan fingerprint density at radius 2 is 1.90 bits per heavy atom.